The summed E-state index contributed by atoms with van der Waals surface area (Å²) in [6.07, 6.45) is 3.08. The third-order valence-electron chi connectivity index (χ3n) is 2.94. The molecule has 0 aliphatic carbocycles. The molecule has 0 aliphatic heterocycles. The molecule has 0 radical (unpaired) electrons. The van der Waals surface area contributed by atoms with E-state index in [1.165, 1.54) is 10.4 Å². The van der Waals surface area contributed by atoms with Crippen molar-refractivity contribution in [2.75, 3.05) is 0 Å². The Hall–Kier alpha value is -0.600. The fourth-order valence-electron chi connectivity index (χ4n) is 1.51. The second-order valence-electron chi connectivity index (χ2n) is 4.20. The normalized spacial score (nSPS) is 14.9. The van der Waals surface area contributed by atoms with Gasteiger partial charge in [-0.3, -0.25) is 0 Å². The molecule has 1 aromatic rings. The lowest BCUT2D eigenvalue weighted by atomic mass is 10.00. The Bertz CT molecular complexity index is 303. The van der Waals surface area contributed by atoms with Crippen LogP contribution >= 0.6 is 11.3 Å². The van der Waals surface area contributed by atoms with Crippen LogP contribution in [0.4, 0.5) is 0 Å². The average Bonchev–Trinajstić information content (AvgIpc) is 2.61. The monoisotopic (exact) mass is 223 g/mol. The van der Waals surface area contributed by atoms with E-state index in [1.807, 2.05) is 17.4 Å². The SMILES string of the molecule is C=CCC(C)C(C)NCc1sccc1C. The third kappa shape index (κ3) is 3.80. The van der Waals surface area contributed by atoms with Gasteiger partial charge in [0.1, 0.15) is 0 Å². The van der Waals surface area contributed by atoms with E-state index in [2.05, 4.69) is 44.1 Å². The van der Waals surface area contributed by atoms with Crippen molar-refractivity contribution in [2.24, 2.45) is 5.92 Å². The zero-order chi connectivity index (χ0) is 11.3. The zero-order valence-corrected chi connectivity index (χ0v) is 10.7. The van der Waals surface area contributed by atoms with Gasteiger partial charge in [0, 0.05) is 17.5 Å². The zero-order valence-electron chi connectivity index (χ0n) is 9.92. The van der Waals surface area contributed by atoms with Gasteiger partial charge in [0.2, 0.25) is 0 Å². The molecular formula is C13H21NS. The highest BCUT2D eigenvalue weighted by Crippen LogP contribution is 2.16. The smallest absolute Gasteiger partial charge is 0.0304 e. The predicted octanol–water partition coefficient (Wildman–Crippen LogP) is 3.75. The molecule has 2 atom stereocenters. The van der Waals surface area contributed by atoms with Crippen molar-refractivity contribution in [3.63, 3.8) is 0 Å². The highest BCUT2D eigenvalue weighted by atomic mass is 32.1. The minimum atomic E-state index is 0.546. The largest absolute Gasteiger partial charge is 0.309 e. The second kappa shape index (κ2) is 6.09. The maximum Gasteiger partial charge on any atom is 0.0304 e. The number of nitrogens with one attached hydrogen (secondary N) is 1. The molecule has 1 N–H and O–H groups in total. The summed E-state index contributed by atoms with van der Waals surface area (Å²) in [5.74, 6) is 0.655. The molecule has 1 nitrogen and oxygen atoms in total. The molecule has 1 rings (SSSR count). The van der Waals surface area contributed by atoms with E-state index in [9.17, 15) is 0 Å². The van der Waals surface area contributed by atoms with Crippen LogP contribution < -0.4 is 5.32 Å². The fourth-order valence-corrected chi connectivity index (χ4v) is 2.36. The van der Waals surface area contributed by atoms with Crippen LogP contribution in [0.1, 0.15) is 30.7 Å². The van der Waals surface area contributed by atoms with Crippen LogP contribution in [0.3, 0.4) is 0 Å². The molecule has 2 heteroatoms. The van der Waals surface area contributed by atoms with Gasteiger partial charge < -0.3 is 5.32 Å². The van der Waals surface area contributed by atoms with E-state index >= 15 is 0 Å². The molecule has 1 heterocycles. The van der Waals surface area contributed by atoms with Crippen LogP contribution in [-0.2, 0) is 6.54 Å². The van der Waals surface area contributed by atoms with Crippen molar-refractivity contribution < 1.29 is 0 Å². The van der Waals surface area contributed by atoms with E-state index in [0.717, 1.165) is 13.0 Å². The first kappa shape index (κ1) is 12.5. The molecular weight excluding hydrogens is 202 g/mol. The third-order valence-corrected chi connectivity index (χ3v) is 3.97. The van der Waals surface area contributed by atoms with Crippen molar-refractivity contribution >= 4 is 11.3 Å². The van der Waals surface area contributed by atoms with Gasteiger partial charge in [-0.25, -0.2) is 0 Å². The Balaban J connectivity index is 2.37. The van der Waals surface area contributed by atoms with E-state index in [-0.39, 0.29) is 0 Å². The Morgan fingerprint density at radius 3 is 2.80 bits per heavy atom. The molecule has 0 aliphatic rings. The number of hydrogen-bond donors (Lipinski definition) is 1. The first-order valence-corrected chi connectivity index (χ1v) is 6.40. The lowest BCUT2D eigenvalue weighted by Gasteiger charge is -2.19. The van der Waals surface area contributed by atoms with Crippen molar-refractivity contribution in [1.82, 2.24) is 5.32 Å². The van der Waals surface area contributed by atoms with Gasteiger partial charge in [-0.05, 0) is 43.2 Å². The molecule has 0 fully saturated rings. The topological polar surface area (TPSA) is 12.0 Å². The highest BCUT2D eigenvalue weighted by Gasteiger charge is 2.10. The molecule has 1 aromatic heterocycles. The van der Waals surface area contributed by atoms with Gasteiger partial charge >= 0.3 is 0 Å². The van der Waals surface area contributed by atoms with Crippen LogP contribution in [0.25, 0.3) is 0 Å². The Labute approximate surface area is 97.2 Å². The maximum absolute atomic E-state index is 3.78. The standard InChI is InChI=1S/C13H21NS/c1-5-6-10(2)12(4)14-9-13-11(3)7-8-15-13/h5,7-8,10,12,14H,1,6,9H2,2-4H3. The molecule has 0 bridgehead atoms. The Morgan fingerprint density at radius 2 is 2.27 bits per heavy atom. The lowest BCUT2D eigenvalue weighted by Crippen LogP contribution is -2.31. The van der Waals surface area contributed by atoms with Crippen molar-refractivity contribution in [3.8, 4) is 0 Å². The molecule has 84 valence electrons. The first-order chi connectivity index (χ1) is 7.15. The van der Waals surface area contributed by atoms with Gasteiger partial charge in [-0.1, -0.05) is 13.0 Å². The maximum atomic E-state index is 3.78. The van der Waals surface area contributed by atoms with Crippen LogP contribution in [-0.4, -0.2) is 6.04 Å². The van der Waals surface area contributed by atoms with Crippen molar-refractivity contribution in [1.29, 1.82) is 0 Å². The minimum Gasteiger partial charge on any atom is -0.309 e. The summed E-state index contributed by atoms with van der Waals surface area (Å²) < 4.78 is 0. The fraction of sp³-hybridized carbons (Fsp3) is 0.538. The molecule has 0 spiro atoms. The van der Waals surface area contributed by atoms with E-state index in [4.69, 9.17) is 0 Å². The van der Waals surface area contributed by atoms with Crippen LogP contribution in [0.5, 0.6) is 0 Å². The molecule has 2 unspecified atom stereocenters. The van der Waals surface area contributed by atoms with Crippen LogP contribution in [0, 0.1) is 12.8 Å². The Kier molecular flexibility index (Phi) is 5.06. The summed E-state index contributed by atoms with van der Waals surface area (Å²) in [5.41, 5.74) is 1.40. The molecule has 0 aromatic carbocycles. The van der Waals surface area contributed by atoms with Crippen molar-refractivity contribution in [2.45, 2.75) is 39.8 Å². The molecule has 15 heavy (non-hydrogen) atoms. The number of aryl methyl sites for hydroxylation is 1. The quantitative estimate of drug-likeness (QED) is 0.724. The number of allylic oxidation sites excluding steroid dienone is 1. The number of thiophene rings is 1. The van der Waals surface area contributed by atoms with Gasteiger partial charge in [0.25, 0.3) is 0 Å². The molecule has 0 amide bonds. The first-order valence-electron chi connectivity index (χ1n) is 5.52. The number of rotatable bonds is 6. The lowest BCUT2D eigenvalue weighted by molar-refractivity contribution is 0.403. The Morgan fingerprint density at radius 1 is 1.53 bits per heavy atom. The van der Waals surface area contributed by atoms with E-state index in [1.54, 1.807) is 0 Å². The summed E-state index contributed by atoms with van der Waals surface area (Å²) in [7, 11) is 0. The summed E-state index contributed by atoms with van der Waals surface area (Å²) in [4.78, 5) is 1.45. The van der Waals surface area contributed by atoms with Crippen molar-refractivity contribution in [3.05, 3.63) is 34.5 Å². The summed E-state index contributed by atoms with van der Waals surface area (Å²) in [6.45, 7) is 11.5. The van der Waals surface area contributed by atoms with Gasteiger partial charge in [0.05, 0.1) is 0 Å². The van der Waals surface area contributed by atoms with Gasteiger partial charge in [-0.2, -0.15) is 0 Å². The summed E-state index contributed by atoms with van der Waals surface area (Å²) >= 11 is 1.83. The van der Waals surface area contributed by atoms with Gasteiger partial charge in [0.15, 0.2) is 0 Å². The minimum absolute atomic E-state index is 0.546. The van der Waals surface area contributed by atoms with E-state index < -0.39 is 0 Å². The second-order valence-corrected chi connectivity index (χ2v) is 5.20. The average molecular weight is 223 g/mol. The summed E-state index contributed by atoms with van der Waals surface area (Å²) in [6, 6.07) is 2.73. The van der Waals surface area contributed by atoms with Gasteiger partial charge in [-0.15, -0.1) is 17.9 Å². The molecule has 0 saturated heterocycles. The van der Waals surface area contributed by atoms with E-state index in [0.29, 0.717) is 12.0 Å². The molecule has 0 saturated carbocycles. The highest BCUT2D eigenvalue weighted by molar-refractivity contribution is 7.10. The summed E-state index contributed by atoms with van der Waals surface area (Å²) in [5, 5.41) is 5.73. The number of hydrogen-bond acceptors (Lipinski definition) is 2. The van der Waals surface area contributed by atoms with Crippen LogP contribution in [0.2, 0.25) is 0 Å². The van der Waals surface area contributed by atoms with Crippen LogP contribution in [0.15, 0.2) is 24.1 Å². The predicted molar refractivity (Wildman–Crippen MR) is 69.3 cm³/mol.